The summed E-state index contributed by atoms with van der Waals surface area (Å²) in [6, 6.07) is 9.73. The number of carbonyl (C=O) groups is 1. The molecule has 3 aromatic rings. The van der Waals surface area contributed by atoms with Crippen LogP contribution in [0.2, 0.25) is 0 Å². The number of benzene rings is 1. The Balaban J connectivity index is 1.95. The molecular weight excluding hydrogens is 316 g/mol. The first-order chi connectivity index (χ1) is 10.6. The maximum Gasteiger partial charge on any atom is 0.308 e. The molecule has 0 bridgehead atoms. The van der Waals surface area contributed by atoms with Gasteiger partial charge in [0, 0.05) is 27.9 Å². The van der Waals surface area contributed by atoms with Crippen LogP contribution in [0.5, 0.6) is 0 Å². The lowest BCUT2D eigenvalue weighted by Gasteiger charge is -1.99. The van der Waals surface area contributed by atoms with Crippen molar-refractivity contribution in [2.45, 2.75) is 19.8 Å². The monoisotopic (exact) mass is 330 g/mol. The number of aliphatic carboxylic acids is 1. The number of nitrogens with zero attached hydrogens (tertiary/aromatic N) is 2. The largest absolute Gasteiger partial charge is 0.481 e. The minimum atomic E-state index is -0.832. The molecule has 0 fully saturated rings. The molecule has 6 heteroatoms. The molecule has 0 spiro atoms. The number of hydrogen-bond donors (Lipinski definition) is 1. The fourth-order valence-corrected chi connectivity index (χ4v) is 4.19. The first kappa shape index (κ1) is 14.9. The van der Waals surface area contributed by atoms with Crippen molar-refractivity contribution in [2.24, 2.45) is 0 Å². The van der Waals surface area contributed by atoms with Crippen LogP contribution in [-0.2, 0) is 17.6 Å². The van der Waals surface area contributed by atoms with Gasteiger partial charge >= 0.3 is 5.97 Å². The van der Waals surface area contributed by atoms with Crippen molar-refractivity contribution in [1.82, 2.24) is 9.97 Å². The summed E-state index contributed by atoms with van der Waals surface area (Å²) < 4.78 is 0. The number of carboxylic acid groups (broad SMARTS) is 1. The van der Waals surface area contributed by atoms with Crippen molar-refractivity contribution in [3.63, 3.8) is 0 Å². The molecule has 0 aliphatic heterocycles. The molecule has 0 aliphatic rings. The van der Waals surface area contributed by atoms with Gasteiger partial charge in [-0.25, -0.2) is 9.97 Å². The number of hydrogen-bond acceptors (Lipinski definition) is 5. The molecule has 1 aromatic carbocycles. The number of aryl methyl sites for hydroxylation is 1. The van der Waals surface area contributed by atoms with Gasteiger partial charge in [-0.05, 0) is 6.92 Å². The number of aromatic nitrogens is 2. The van der Waals surface area contributed by atoms with Crippen molar-refractivity contribution in [3.05, 3.63) is 56.3 Å². The Morgan fingerprint density at radius 3 is 2.64 bits per heavy atom. The maximum absolute atomic E-state index is 11.1. The van der Waals surface area contributed by atoms with E-state index in [4.69, 9.17) is 5.11 Å². The lowest BCUT2D eigenvalue weighted by atomic mass is 10.1. The van der Waals surface area contributed by atoms with Crippen LogP contribution in [0.15, 0.2) is 36.5 Å². The smallest absolute Gasteiger partial charge is 0.308 e. The molecule has 0 amide bonds. The molecule has 1 N–H and O–H groups in total. The van der Waals surface area contributed by atoms with E-state index < -0.39 is 5.97 Å². The summed E-state index contributed by atoms with van der Waals surface area (Å²) >= 11 is 3.12. The zero-order valence-corrected chi connectivity index (χ0v) is 13.6. The van der Waals surface area contributed by atoms with Crippen LogP contribution >= 0.6 is 22.7 Å². The third-order valence-corrected chi connectivity index (χ3v) is 5.06. The van der Waals surface area contributed by atoms with Crippen LogP contribution in [0.1, 0.15) is 19.8 Å². The van der Waals surface area contributed by atoms with Crippen LogP contribution in [0.4, 0.5) is 0 Å². The van der Waals surface area contributed by atoms with Crippen LogP contribution in [0.25, 0.3) is 11.3 Å². The minimum Gasteiger partial charge on any atom is -0.481 e. The van der Waals surface area contributed by atoms with E-state index in [1.807, 2.05) is 43.5 Å². The minimum absolute atomic E-state index is 0.00358. The van der Waals surface area contributed by atoms with Gasteiger partial charge in [-0.3, -0.25) is 4.79 Å². The predicted molar refractivity (Wildman–Crippen MR) is 88.5 cm³/mol. The Morgan fingerprint density at radius 1 is 1.23 bits per heavy atom. The van der Waals surface area contributed by atoms with Crippen molar-refractivity contribution in [1.29, 1.82) is 0 Å². The van der Waals surface area contributed by atoms with E-state index in [0.29, 0.717) is 6.42 Å². The Bertz CT molecular complexity index is 794. The van der Waals surface area contributed by atoms with Gasteiger partial charge in [0.25, 0.3) is 0 Å². The molecule has 4 nitrogen and oxygen atoms in total. The second-order valence-corrected chi connectivity index (χ2v) is 7.33. The molecule has 22 heavy (non-hydrogen) atoms. The van der Waals surface area contributed by atoms with Crippen LogP contribution in [0.3, 0.4) is 0 Å². The van der Waals surface area contributed by atoms with Crippen LogP contribution < -0.4 is 0 Å². The van der Waals surface area contributed by atoms with Crippen molar-refractivity contribution < 1.29 is 9.90 Å². The Labute approximate surface area is 136 Å². The van der Waals surface area contributed by atoms with E-state index in [-0.39, 0.29) is 6.42 Å². The molecule has 0 unspecified atom stereocenters. The molecule has 0 saturated heterocycles. The summed E-state index contributed by atoms with van der Waals surface area (Å²) in [6.07, 6.45) is 2.57. The molecule has 2 heterocycles. The average molecular weight is 330 g/mol. The normalized spacial score (nSPS) is 10.8. The molecule has 112 valence electrons. The van der Waals surface area contributed by atoms with Crippen LogP contribution in [0, 0.1) is 6.92 Å². The van der Waals surface area contributed by atoms with Gasteiger partial charge in [-0.15, -0.1) is 22.7 Å². The SMILES string of the molecule is Cc1ncc(Cc2nc(-c3ccccc3)c(CC(=O)O)s2)s1. The highest BCUT2D eigenvalue weighted by Gasteiger charge is 2.16. The van der Waals surface area contributed by atoms with E-state index in [0.717, 1.165) is 31.0 Å². The number of thiazole rings is 2. The van der Waals surface area contributed by atoms with Gasteiger partial charge in [0.05, 0.1) is 22.1 Å². The highest BCUT2D eigenvalue weighted by atomic mass is 32.1. The summed E-state index contributed by atoms with van der Waals surface area (Å²) in [4.78, 5) is 22.0. The van der Waals surface area contributed by atoms with E-state index in [1.165, 1.54) is 11.3 Å². The Morgan fingerprint density at radius 2 is 2.00 bits per heavy atom. The van der Waals surface area contributed by atoms with Crippen LogP contribution in [-0.4, -0.2) is 21.0 Å². The van der Waals surface area contributed by atoms with Gasteiger partial charge in [-0.2, -0.15) is 0 Å². The van der Waals surface area contributed by atoms with Gasteiger partial charge < -0.3 is 5.11 Å². The second kappa shape index (κ2) is 6.37. The molecule has 0 radical (unpaired) electrons. The standard InChI is InChI=1S/C16H14N2O2S2/c1-10-17-9-12(21-10)7-14-18-16(11-5-3-2-4-6-11)13(22-14)8-15(19)20/h2-6,9H,7-8H2,1H3,(H,19,20). The number of carboxylic acids is 1. The highest BCUT2D eigenvalue weighted by Crippen LogP contribution is 2.30. The van der Waals surface area contributed by atoms with Gasteiger partial charge in [0.1, 0.15) is 0 Å². The zero-order valence-electron chi connectivity index (χ0n) is 11.9. The summed E-state index contributed by atoms with van der Waals surface area (Å²) in [7, 11) is 0. The number of rotatable bonds is 5. The fraction of sp³-hybridized carbons (Fsp3) is 0.188. The first-order valence-corrected chi connectivity index (χ1v) is 8.42. The molecule has 0 atom stereocenters. The first-order valence-electron chi connectivity index (χ1n) is 6.79. The predicted octanol–water partition coefficient (Wildman–Crippen LogP) is 3.79. The fourth-order valence-electron chi connectivity index (χ4n) is 2.19. The van der Waals surface area contributed by atoms with Gasteiger partial charge in [-0.1, -0.05) is 30.3 Å². The van der Waals surface area contributed by atoms with E-state index in [1.54, 1.807) is 11.3 Å². The molecule has 0 aliphatic carbocycles. The molecule has 2 aromatic heterocycles. The zero-order chi connectivity index (χ0) is 15.5. The van der Waals surface area contributed by atoms with Crippen molar-refractivity contribution >= 4 is 28.6 Å². The summed E-state index contributed by atoms with van der Waals surface area (Å²) in [5.41, 5.74) is 1.74. The van der Waals surface area contributed by atoms with Gasteiger partial charge in [0.2, 0.25) is 0 Å². The van der Waals surface area contributed by atoms with E-state index in [9.17, 15) is 4.79 Å². The lowest BCUT2D eigenvalue weighted by Crippen LogP contribution is -1.99. The summed E-state index contributed by atoms with van der Waals surface area (Å²) in [5, 5.41) is 11.1. The Kier molecular flexibility index (Phi) is 4.31. The Hall–Kier alpha value is -2.05. The molecule has 0 saturated carbocycles. The topological polar surface area (TPSA) is 63.1 Å². The molecular formula is C16H14N2O2S2. The average Bonchev–Trinajstić information content (AvgIpc) is 3.06. The summed E-state index contributed by atoms with van der Waals surface area (Å²) in [5.74, 6) is -0.832. The second-order valence-electron chi connectivity index (χ2n) is 4.84. The van der Waals surface area contributed by atoms with E-state index >= 15 is 0 Å². The third-order valence-electron chi connectivity index (χ3n) is 3.10. The van der Waals surface area contributed by atoms with Crippen molar-refractivity contribution in [2.75, 3.05) is 0 Å². The molecule has 3 rings (SSSR count). The lowest BCUT2D eigenvalue weighted by molar-refractivity contribution is -0.136. The van der Waals surface area contributed by atoms with Crippen molar-refractivity contribution in [3.8, 4) is 11.3 Å². The third kappa shape index (κ3) is 3.40. The highest BCUT2D eigenvalue weighted by molar-refractivity contribution is 7.13. The maximum atomic E-state index is 11.1. The van der Waals surface area contributed by atoms with Gasteiger partial charge in [0.15, 0.2) is 0 Å². The van der Waals surface area contributed by atoms with E-state index in [2.05, 4.69) is 9.97 Å². The quantitative estimate of drug-likeness (QED) is 0.773. The summed E-state index contributed by atoms with van der Waals surface area (Å²) in [6.45, 7) is 1.97.